The van der Waals surface area contributed by atoms with Gasteiger partial charge in [-0.05, 0) is 12.3 Å². The molecule has 0 aliphatic rings. The second-order valence-corrected chi connectivity index (χ2v) is 4.11. The van der Waals surface area contributed by atoms with Crippen LogP contribution >= 0.6 is 0 Å². The Balaban J connectivity index is 3.15. The van der Waals surface area contributed by atoms with Crippen LogP contribution in [-0.2, 0) is 12.8 Å². The van der Waals surface area contributed by atoms with Gasteiger partial charge in [0.2, 0.25) is 0 Å². The van der Waals surface area contributed by atoms with Gasteiger partial charge >= 0.3 is 0 Å². The zero-order valence-corrected chi connectivity index (χ0v) is 10.1. The van der Waals surface area contributed by atoms with Gasteiger partial charge in [0.1, 0.15) is 12.0 Å². The van der Waals surface area contributed by atoms with E-state index in [1.54, 1.807) is 0 Å². The van der Waals surface area contributed by atoms with Crippen molar-refractivity contribution in [2.45, 2.75) is 40.0 Å². The molecule has 3 nitrogen and oxygen atoms in total. The molecule has 1 heterocycles. The molecule has 0 spiro atoms. The molecule has 1 rings (SSSR count). The molecule has 0 N–H and O–H groups in total. The van der Waals surface area contributed by atoms with Crippen LogP contribution in [0.1, 0.15) is 48.9 Å². The first-order valence-electron chi connectivity index (χ1n) is 5.72. The SMILES string of the molecule is CCc1c(CC(C)CC)occ(C=O)c1=O. The number of carbonyl (C=O) groups is 1. The van der Waals surface area contributed by atoms with Crippen molar-refractivity contribution in [2.24, 2.45) is 5.92 Å². The Morgan fingerprint density at radius 1 is 1.44 bits per heavy atom. The number of aldehydes is 1. The quantitative estimate of drug-likeness (QED) is 0.719. The topological polar surface area (TPSA) is 47.3 Å². The predicted octanol–water partition coefficient (Wildman–Crippen LogP) is 2.60. The van der Waals surface area contributed by atoms with E-state index in [1.807, 2.05) is 6.92 Å². The summed E-state index contributed by atoms with van der Waals surface area (Å²) in [4.78, 5) is 22.5. The van der Waals surface area contributed by atoms with Crippen LogP contribution in [0.5, 0.6) is 0 Å². The molecule has 0 bridgehead atoms. The average molecular weight is 222 g/mol. The molecule has 0 fully saturated rings. The molecule has 1 atom stereocenters. The number of rotatable bonds is 5. The summed E-state index contributed by atoms with van der Waals surface area (Å²) in [5, 5.41) is 0. The van der Waals surface area contributed by atoms with Crippen molar-refractivity contribution in [3.8, 4) is 0 Å². The molecule has 0 radical (unpaired) electrons. The molecule has 0 amide bonds. The largest absolute Gasteiger partial charge is 0.468 e. The van der Waals surface area contributed by atoms with Crippen molar-refractivity contribution < 1.29 is 9.21 Å². The van der Waals surface area contributed by atoms with Gasteiger partial charge in [0.25, 0.3) is 0 Å². The summed E-state index contributed by atoms with van der Waals surface area (Å²) < 4.78 is 5.39. The minimum absolute atomic E-state index is 0.116. The molecule has 1 aromatic rings. The second kappa shape index (κ2) is 5.64. The van der Waals surface area contributed by atoms with Gasteiger partial charge in [-0.1, -0.05) is 27.2 Å². The molecule has 0 aliphatic carbocycles. The highest BCUT2D eigenvalue weighted by Gasteiger charge is 2.13. The second-order valence-electron chi connectivity index (χ2n) is 4.11. The fraction of sp³-hybridized carbons (Fsp3) is 0.538. The van der Waals surface area contributed by atoms with Crippen LogP contribution in [0, 0.1) is 5.92 Å². The summed E-state index contributed by atoms with van der Waals surface area (Å²) in [6, 6.07) is 0. The van der Waals surface area contributed by atoms with Crippen LogP contribution in [0.2, 0.25) is 0 Å². The highest BCUT2D eigenvalue weighted by atomic mass is 16.3. The highest BCUT2D eigenvalue weighted by molar-refractivity contribution is 5.74. The van der Waals surface area contributed by atoms with Gasteiger partial charge < -0.3 is 4.42 Å². The molecule has 1 unspecified atom stereocenters. The number of hydrogen-bond donors (Lipinski definition) is 0. The lowest BCUT2D eigenvalue weighted by atomic mass is 9.99. The lowest BCUT2D eigenvalue weighted by Crippen LogP contribution is -2.17. The summed E-state index contributed by atoms with van der Waals surface area (Å²) >= 11 is 0. The molecule has 1 aromatic heterocycles. The zero-order valence-electron chi connectivity index (χ0n) is 10.1. The van der Waals surface area contributed by atoms with Gasteiger partial charge in [-0.3, -0.25) is 9.59 Å². The normalized spacial score (nSPS) is 12.4. The Morgan fingerprint density at radius 3 is 2.62 bits per heavy atom. The minimum atomic E-state index is -0.179. The molecule has 16 heavy (non-hydrogen) atoms. The maximum absolute atomic E-state index is 11.8. The number of carbonyl (C=O) groups excluding carboxylic acids is 1. The predicted molar refractivity (Wildman–Crippen MR) is 62.9 cm³/mol. The van der Waals surface area contributed by atoms with E-state index in [0.717, 1.165) is 18.6 Å². The highest BCUT2D eigenvalue weighted by Crippen LogP contribution is 2.14. The average Bonchev–Trinajstić information content (AvgIpc) is 2.29. The molecule has 0 aliphatic heterocycles. The van der Waals surface area contributed by atoms with Crippen molar-refractivity contribution >= 4 is 6.29 Å². The minimum Gasteiger partial charge on any atom is -0.468 e. The third kappa shape index (κ3) is 2.60. The Bertz CT molecular complexity index is 418. The van der Waals surface area contributed by atoms with Crippen LogP contribution in [0.4, 0.5) is 0 Å². The van der Waals surface area contributed by atoms with Crippen molar-refractivity contribution in [2.75, 3.05) is 0 Å². The van der Waals surface area contributed by atoms with Crippen LogP contribution in [0.3, 0.4) is 0 Å². The first kappa shape index (κ1) is 12.7. The zero-order chi connectivity index (χ0) is 12.1. The van der Waals surface area contributed by atoms with Crippen LogP contribution < -0.4 is 5.43 Å². The third-order valence-corrected chi connectivity index (χ3v) is 2.91. The van der Waals surface area contributed by atoms with E-state index < -0.39 is 0 Å². The van der Waals surface area contributed by atoms with E-state index in [0.29, 0.717) is 24.2 Å². The maximum Gasteiger partial charge on any atom is 0.198 e. The van der Waals surface area contributed by atoms with E-state index >= 15 is 0 Å². The molecular formula is C13H18O3. The maximum atomic E-state index is 11.8. The van der Waals surface area contributed by atoms with Gasteiger partial charge in [-0.2, -0.15) is 0 Å². The van der Waals surface area contributed by atoms with E-state index in [1.165, 1.54) is 6.26 Å². The fourth-order valence-corrected chi connectivity index (χ4v) is 1.63. The summed E-state index contributed by atoms with van der Waals surface area (Å²) in [7, 11) is 0. The van der Waals surface area contributed by atoms with Crippen molar-refractivity contribution in [3.63, 3.8) is 0 Å². The molecule has 0 saturated carbocycles. The Labute approximate surface area is 95.5 Å². The lowest BCUT2D eigenvalue weighted by molar-refractivity contribution is 0.112. The van der Waals surface area contributed by atoms with Crippen molar-refractivity contribution in [1.82, 2.24) is 0 Å². The van der Waals surface area contributed by atoms with E-state index in [9.17, 15) is 9.59 Å². The van der Waals surface area contributed by atoms with Gasteiger partial charge in [-0.15, -0.1) is 0 Å². The molecular weight excluding hydrogens is 204 g/mol. The number of hydrogen-bond acceptors (Lipinski definition) is 3. The first-order chi connectivity index (χ1) is 7.63. The smallest absolute Gasteiger partial charge is 0.198 e. The molecule has 3 heteroatoms. The Kier molecular flexibility index (Phi) is 4.47. The molecule has 88 valence electrons. The monoisotopic (exact) mass is 222 g/mol. The van der Waals surface area contributed by atoms with Crippen LogP contribution in [0.25, 0.3) is 0 Å². The van der Waals surface area contributed by atoms with E-state index in [-0.39, 0.29) is 11.0 Å². The Morgan fingerprint density at radius 2 is 2.12 bits per heavy atom. The third-order valence-electron chi connectivity index (χ3n) is 2.91. The Hall–Kier alpha value is -1.38. The standard InChI is InChI=1S/C13H18O3/c1-4-9(3)6-12-11(5-2)13(15)10(7-14)8-16-12/h7-9H,4-6H2,1-3H3. The van der Waals surface area contributed by atoms with Gasteiger partial charge in [0, 0.05) is 12.0 Å². The fourth-order valence-electron chi connectivity index (χ4n) is 1.63. The van der Waals surface area contributed by atoms with Gasteiger partial charge in [-0.25, -0.2) is 0 Å². The van der Waals surface area contributed by atoms with Crippen molar-refractivity contribution in [3.05, 3.63) is 33.4 Å². The summed E-state index contributed by atoms with van der Waals surface area (Å²) in [6.07, 6.45) is 4.23. The van der Waals surface area contributed by atoms with E-state index in [2.05, 4.69) is 13.8 Å². The molecule has 0 saturated heterocycles. The summed E-state index contributed by atoms with van der Waals surface area (Å²) in [5.74, 6) is 1.21. The van der Waals surface area contributed by atoms with Crippen LogP contribution in [-0.4, -0.2) is 6.29 Å². The van der Waals surface area contributed by atoms with Gasteiger partial charge in [0.15, 0.2) is 11.7 Å². The first-order valence-corrected chi connectivity index (χ1v) is 5.72. The van der Waals surface area contributed by atoms with Gasteiger partial charge in [0.05, 0.1) is 5.56 Å². The summed E-state index contributed by atoms with van der Waals surface area (Å²) in [6.45, 7) is 6.13. The van der Waals surface area contributed by atoms with E-state index in [4.69, 9.17) is 4.42 Å². The van der Waals surface area contributed by atoms with Crippen LogP contribution in [0.15, 0.2) is 15.5 Å². The summed E-state index contributed by atoms with van der Waals surface area (Å²) in [5.41, 5.74) is 0.580. The van der Waals surface area contributed by atoms with Crippen molar-refractivity contribution in [1.29, 1.82) is 0 Å². The lowest BCUT2D eigenvalue weighted by Gasteiger charge is -2.10. The molecule has 0 aromatic carbocycles.